The van der Waals surface area contributed by atoms with E-state index in [0.717, 1.165) is 37.4 Å². The van der Waals surface area contributed by atoms with Gasteiger partial charge in [-0.2, -0.15) is 0 Å². The average molecular weight is 345 g/mol. The van der Waals surface area contributed by atoms with Gasteiger partial charge in [-0.15, -0.1) is 0 Å². The van der Waals surface area contributed by atoms with E-state index >= 15 is 0 Å². The minimum atomic E-state index is 0.170. The van der Waals surface area contributed by atoms with Gasteiger partial charge in [-0.25, -0.2) is 0 Å². The third kappa shape index (κ3) is 3.75. The van der Waals surface area contributed by atoms with Crippen molar-refractivity contribution in [2.45, 2.75) is 32.4 Å². The minimum absolute atomic E-state index is 0.170. The van der Waals surface area contributed by atoms with Crippen molar-refractivity contribution in [1.29, 1.82) is 0 Å². The molecule has 2 heterocycles. The molecule has 0 radical (unpaired) electrons. The second kappa shape index (κ2) is 7.67. The molecule has 1 N–H and O–H groups in total. The quantitative estimate of drug-likeness (QED) is 0.748. The Bertz CT molecular complexity index is 862. The van der Waals surface area contributed by atoms with Crippen LogP contribution in [0.3, 0.4) is 0 Å². The lowest BCUT2D eigenvalue weighted by Crippen LogP contribution is -2.19. The summed E-state index contributed by atoms with van der Waals surface area (Å²) in [6.07, 6.45) is 7.44. The first kappa shape index (κ1) is 16.7. The van der Waals surface area contributed by atoms with Crippen molar-refractivity contribution in [3.05, 3.63) is 77.9 Å². The number of aryl methyl sites for hydroxylation is 1. The molecule has 0 bridgehead atoms. The zero-order valence-corrected chi connectivity index (χ0v) is 15.0. The van der Waals surface area contributed by atoms with Gasteiger partial charge in [0.15, 0.2) is 0 Å². The molecular formula is C22H23N3O. The third-order valence-corrected chi connectivity index (χ3v) is 4.83. The summed E-state index contributed by atoms with van der Waals surface area (Å²) in [5.74, 6) is 1.04. The average Bonchev–Trinajstić information content (AvgIpc) is 2.72. The Morgan fingerprint density at radius 2 is 1.92 bits per heavy atom. The lowest BCUT2D eigenvalue weighted by molar-refractivity contribution is 0.288. The zero-order chi connectivity index (χ0) is 17.8. The molecule has 1 aliphatic heterocycles. The highest BCUT2D eigenvalue weighted by Gasteiger charge is 2.11. The van der Waals surface area contributed by atoms with Crippen LogP contribution in [0.25, 0.3) is 11.1 Å². The van der Waals surface area contributed by atoms with Crippen LogP contribution in [0.2, 0.25) is 0 Å². The van der Waals surface area contributed by atoms with Gasteiger partial charge in [0.05, 0.1) is 12.3 Å². The molecule has 0 amide bonds. The molecule has 26 heavy (non-hydrogen) atoms. The summed E-state index contributed by atoms with van der Waals surface area (Å²) in [5.41, 5.74) is 6.02. The van der Waals surface area contributed by atoms with Crippen molar-refractivity contribution in [3.63, 3.8) is 0 Å². The number of hydrogen-bond donors (Lipinski definition) is 1. The fourth-order valence-electron chi connectivity index (χ4n) is 3.26. The topological polar surface area (TPSA) is 47.0 Å². The summed E-state index contributed by atoms with van der Waals surface area (Å²) in [6.45, 7) is 3.74. The summed E-state index contributed by atoms with van der Waals surface area (Å²) in [5, 5.41) is 3.50. The molecule has 4 heteroatoms. The molecule has 0 aliphatic carbocycles. The molecule has 1 aliphatic rings. The van der Waals surface area contributed by atoms with E-state index in [9.17, 15) is 0 Å². The number of nitrogens with zero attached hydrogens (tertiary/aromatic N) is 2. The minimum Gasteiger partial charge on any atom is -0.493 e. The van der Waals surface area contributed by atoms with Gasteiger partial charge >= 0.3 is 0 Å². The first-order valence-electron chi connectivity index (χ1n) is 9.14. The maximum atomic E-state index is 5.71. The van der Waals surface area contributed by atoms with E-state index in [2.05, 4.69) is 64.7 Å². The van der Waals surface area contributed by atoms with Gasteiger partial charge in [0.2, 0.25) is 0 Å². The maximum absolute atomic E-state index is 5.71. The van der Waals surface area contributed by atoms with Crippen molar-refractivity contribution in [2.75, 3.05) is 6.61 Å². The first-order chi connectivity index (χ1) is 12.8. The number of hydrogen-bond acceptors (Lipinski definition) is 4. The van der Waals surface area contributed by atoms with Crippen LogP contribution in [0, 0.1) is 0 Å². The van der Waals surface area contributed by atoms with Crippen molar-refractivity contribution < 1.29 is 4.74 Å². The van der Waals surface area contributed by atoms with Gasteiger partial charge in [-0.1, -0.05) is 30.3 Å². The van der Waals surface area contributed by atoms with Crippen LogP contribution >= 0.6 is 0 Å². The largest absolute Gasteiger partial charge is 0.493 e. The van der Waals surface area contributed by atoms with E-state index in [1.54, 1.807) is 18.6 Å². The van der Waals surface area contributed by atoms with Crippen LogP contribution in [0.5, 0.6) is 5.75 Å². The lowest BCUT2D eigenvalue weighted by Gasteiger charge is -2.18. The van der Waals surface area contributed by atoms with E-state index in [4.69, 9.17) is 4.74 Å². The van der Waals surface area contributed by atoms with E-state index < -0.39 is 0 Å². The maximum Gasteiger partial charge on any atom is 0.122 e. The predicted molar refractivity (Wildman–Crippen MR) is 103 cm³/mol. The third-order valence-electron chi connectivity index (χ3n) is 4.83. The molecule has 0 spiro atoms. The van der Waals surface area contributed by atoms with Crippen molar-refractivity contribution in [3.8, 4) is 16.9 Å². The second-order valence-electron chi connectivity index (χ2n) is 6.70. The lowest BCUT2D eigenvalue weighted by atomic mass is 9.98. The van der Waals surface area contributed by atoms with Crippen LogP contribution in [0.4, 0.5) is 0 Å². The van der Waals surface area contributed by atoms with Gasteiger partial charge in [-0.05, 0) is 54.2 Å². The van der Waals surface area contributed by atoms with E-state index in [1.165, 1.54) is 22.3 Å². The molecule has 2 aromatic carbocycles. The molecule has 4 rings (SSSR count). The van der Waals surface area contributed by atoms with Gasteiger partial charge in [0.1, 0.15) is 5.75 Å². The number of fused-ring (bicyclic) bond motifs is 1. The summed E-state index contributed by atoms with van der Waals surface area (Å²) in [4.78, 5) is 8.47. The highest BCUT2D eigenvalue weighted by Crippen LogP contribution is 2.30. The van der Waals surface area contributed by atoms with E-state index in [1.807, 2.05) is 0 Å². The number of benzene rings is 2. The highest BCUT2D eigenvalue weighted by molar-refractivity contribution is 5.66. The molecule has 4 nitrogen and oxygen atoms in total. The van der Waals surface area contributed by atoms with Gasteiger partial charge < -0.3 is 10.1 Å². The Morgan fingerprint density at radius 3 is 2.73 bits per heavy atom. The molecule has 132 valence electrons. The first-order valence-corrected chi connectivity index (χ1v) is 9.14. The Morgan fingerprint density at radius 1 is 1.08 bits per heavy atom. The fraction of sp³-hybridized carbons (Fsp3) is 0.273. The number of nitrogens with one attached hydrogen (secondary N) is 1. The smallest absolute Gasteiger partial charge is 0.122 e. The van der Waals surface area contributed by atoms with Crippen molar-refractivity contribution in [2.24, 2.45) is 0 Å². The Balaban J connectivity index is 1.42. The summed E-state index contributed by atoms with van der Waals surface area (Å²) in [6, 6.07) is 15.4. The van der Waals surface area contributed by atoms with Crippen LogP contribution in [-0.2, 0) is 13.0 Å². The SMILES string of the molecule is C[C@H](NCc1ccc(-c2ccc3c(c2)CCCO3)cc1)c1cnccn1. The molecule has 0 unspecified atom stereocenters. The second-order valence-corrected chi connectivity index (χ2v) is 6.70. The van der Waals surface area contributed by atoms with E-state index in [0.29, 0.717) is 0 Å². The Hall–Kier alpha value is -2.72. The highest BCUT2D eigenvalue weighted by atomic mass is 16.5. The predicted octanol–water partition coefficient (Wildman–Crippen LogP) is 4.32. The van der Waals surface area contributed by atoms with Crippen molar-refractivity contribution >= 4 is 0 Å². The van der Waals surface area contributed by atoms with E-state index in [-0.39, 0.29) is 6.04 Å². The summed E-state index contributed by atoms with van der Waals surface area (Å²) >= 11 is 0. The molecule has 0 fully saturated rings. The zero-order valence-electron chi connectivity index (χ0n) is 15.0. The van der Waals surface area contributed by atoms with Crippen molar-refractivity contribution in [1.82, 2.24) is 15.3 Å². The molecular weight excluding hydrogens is 322 g/mol. The summed E-state index contributed by atoms with van der Waals surface area (Å²) < 4.78 is 5.71. The van der Waals surface area contributed by atoms with Gasteiger partial charge in [0.25, 0.3) is 0 Å². The number of rotatable bonds is 5. The monoisotopic (exact) mass is 345 g/mol. The molecule has 1 atom stereocenters. The number of aromatic nitrogens is 2. The number of ether oxygens (including phenoxy) is 1. The Kier molecular flexibility index (Phi) is 4.93. The van der Waals surface area contributed by atoms with Crippen LogP contribution in [0.15, 0.2) is 61.1 Å². The molecule has 3 aromatic rings. The van der Waals surface area contributed by atoms with Crippen LogP contribution < -0.4 is 10.1 Å². The van der Waals surface area contributed by atoms with Crippen LogP contribution in [0.1, 0.15) is 36.2 Å². The fourth-order valence-corrected chi connectivity index (χ4v) is 3.26. The van der Waals surface area contributed by atoms with Gasteiger partial charge in [-0.3, -0.25) is 9.97 Å². The Labute approximate surface area is 154 Å². The van der Waals surface area contributed by atoms with Crippen LogP contribution in [-0.4, -0.2) is 16.6 Å². The molecule has 0 saturated carbocycles. The van der Waals surface area contributed by atoms with Gasteiger partial charge in [0, 0.05) is 31.2 Å². The normalized spacial score (nSPS) is 14.3. The molecule has 0 saturated heterocycles. The standard InChI is InChI=1S/C22H23N3O/c1-16(21-15-23-10-11-24-21)25-14-17-4-6-18(7-5-17)19-8-9-22-20(13-19)3-2-12-26-22/h4-11,13,15-16,25H,2-3,12,14H2,1H3/t16-/m0/s1. The molecule has 1 aromatic heterocycles. The summed E-state index contributed by atoms with van der Waals surface area (Å²) in [7, 11) is 0.